The molecule has 1 saturated heterocycles. The van der Waals surface area contributed by atoms with Gasteiger partial charge in [0, 0.05) is 6.61 Å². The van der Waals surface area contributed by atoms with Crippen molar-refractivity contribution in [2.75, 3.05) is 6.61 Å². The van der Waals surface area contributed by atoms with Crippen molar-refractivity contribution >= 4 is 24.2 Å². The van der Waals surface area contributed by atoms with Crippen LogP contribution in [0.25, 0.3) is 0 Å². The van der Waals surface area contributed by atoms with Crippen molar-refractivity contribution in [3.05, 3.63) is 0 Å². The smallest absolute Gasteiger partial charge is 0.449 e. The van der Waals surface area contributed by atoms with Gasteiger partial charge in [-0.3, -0.25) is 10.2 Å². The molecular weight excluding hydrogens is 262 g/mol. The molecule has 9 heteroatoms. The predicted octanol–water partition coefficient (Wildman–Crippen LogP) is 1.06. The molecule has 0 aliphatic carbocycles. The van der Waals surface area contributed by atoms with E-state index in [1.807, 2.05) is 0 Å². The summed E-state index contributed by atoms with van der Waals surface area (Å²) in [6.45, 7) is 0.426. The number of carbonyl (C=O) groups is 3. The van der Waals surface area contributed by atoms with Gasteiger partial charge >= 0.3 is 18.3 Å². The Morgan fingerprint density at radius 2 is 1.89 bits per heavy atom. The van der Waals surface area contributed by atoms with Gasteiger partial charge in [-0.1, -0.05) is 0 Å². The SMILES string of the molecule is N=C(OC(=O)O)[C@@H](CC(=O)OC(=O)O)C1CCCO1. The van der Waals surface area contributed by atoms with Gasteiger partial charge in [0.2, 0.25) is 5.90 Å². The van der Waals surface area contributed by atoms with Crippen LogP contribution in [0.2, 0.25) is 0 Å². The minimum atomic E-state index is -1.76. The first kappa shape index (κ1) is 14.9. The van der Waals surface area contributed by atoms with Gasteiger partial charge in [0.05, 0.1) is 18.4 Å². The summed E-state index contributed by atoms with van der Waals surface area (Å²) in [4.78, 5) is 31.8. The highest BCUT2D eigenvalue weighted by Crippen LogP contribution is 2.25. The minimum Gasteiger partial charge on any atom is -0.449 e. The van der Waals surface area contributed by atoms with Crippen molar-refractivity contribution in [2.24, 2.45) is 5.92 Å². The second-order valence-corrected chi connectivity index (χ2v) is 3.83. The monoisotopic (exact) mass is 275 g/mol. The van der Waals surface area contributed by atoms with Crippen molar-refractivity contribution in [2.45, 2.75) is 25.4 Å². The highest BCUT2D eigenvalue weighted by atomic mass is 16.7. The summed E-state index contributed by atoms with van der Waals surface area (Å²) < 4.78 is 13.4. The van der Waals surface area contributed by atoms with Crippen molar-refractivity contribution in [1.29, 1.82) is 5.41 Å². The Labute approximate surface area is 107 Å². The minimum absolute atomic E-state index is 0.426. The van der Waals surface area contributed by atoms with Gasteiger partial charge in [0.15, 0.2) is 0 Å². The number of carbonyl (C=O) groups excluding carboxylic acids is 1. The molecule has 3 N–H and O–H groups in total. The van der Waals surface area contributed by atoms with Crippen LogP contribution in [0.5, 0.6) is 0 Å². The molecule has 0 radical (unpaired) electrons. The highest BCUT2D eigenvalue weighted by molar-refractivity contribution is 5.89. The lowest BCUT2D eigenvalue weighted by Crippen LogP contribution is -2.33. The predicted molar refractivity (Wildman–Crippen MR) is 58.0 cm³/mol. The number of rotatable bonds is 4. The molecule has 1 fully saturated rings. The Bertz CT molecular complexity index is 387. The first-order valence-corrected chi connectivity index (χ1v) is 5.44. The maximum absolute atomic E-state index is 11.3. The Kier molecular flexibility index (Phi) is 5.24. The molecule has 1 unspecified atom stereocenters. The molecule has 0 aromatic heterocycles. The molecule has 0 saturated carbocycles. The summed E-state index contributed by atoms with van der Waals surface area (Å²) in [6, 6.07) is 0. The van der Waals surface area contributed by atoms with Gasteiger partial charge < -0.3 is 24.4 Å². The maximum Gasteiger partial charge on any atom is 0.513 e. The summed E-state index contributed by atoms with van der Waals surface area (Å²) >= 11 is 0. The van der Waals surface area contributed by atoms with E-state index < -0.39 is 42.6 Å². The molecule has 2 atom stereocenters. The van der Waals surface area contributed by atoms with Gasteiger partial charge in [-0.2, -0.15) is 0 Å². The van der Waals surface area contributed by atoms with Crippen LogP contribution in [0.1, 0.15) is 19.3 Å². The molecule has 0 aromatic rings. The van der Waals surface area contributed by atoms with Gasteiger partial charge in [0.1, 0.15) is 0 Å². The summed E-state index contributed by atoms with van der Waals surface area (Å²) in [5.41, 5.74) is 0. The van der Waals surface area contributed by atoms with E-state index in [9.17, 15) is 14.4 Å². The van der Waals surface area contributed by atoms with E-state index in [0.717, 1.165) is 0 Å². The first-order valence-electron chi connectivity index (χ1n) is 5.44. The number of hydrogen-bond donors (Lipinski definition) is 3. The third kappa shape index (κ3) is 4.92. The summed E-state index contributed by atoms with van der Waals surface area (Å²) in [6.07, 6.45) is -3.27. The van der Waals surface area contributed by atoms with Crippen LogP contribution in [-0.2, 0) is 19.0 Å². The maximum atomic E-state index is 11.3. The highest BCUT2D eigenvalue weighted by Gasteiger charge is 2.34. The van der Waals surface area contributed by atoms with Crippen LogP contribution in [0.15, 0.2) is 0 Å². The van der Waals surface area contributed by atoms with Gasteiger partial charge in [0.25, 0.3) is 0 Å². The summed E-state index contributed by atoms with van der Waals surface area (Å²) in [7, 11) is 0. The van der Waals surface area contributed by atoms with E-state index in [2.05, 4.69) is 9.47 Å². The third-order valence-corrected chi connectivity index (χ3v) is 2.54. The molecule has 0 aromatic carbocycles. The number of nitrogens with one attached hydrogen (secondary N) is 1. The van der Waals surface area contributed by atoms with E-state index in [4.69, 9.17) is 20.4 Å². The van der Waals surface area contributed by atoms with Gasteiger partial charge in [-0.25, -0.2) is 9.59 Å². The molecule has 0 amide bonds. The summed E-state index contributed by atoms with van der Waals surface area (Å²) in [5, 5.41) is 24.2. The molecule has 0 bridgehead atoms. The number of hydrogen-bond acceptors (Lipinski definition) is 7. The topological polar surface area (TPSA) is 143 Å². The Morgan fingerprint density at radius 3 is 2.37 bits per heavy atom. The quantitative estimate of drug-likeness (QED) is 0.299. The molecule has 1 rings (SSSR count). The fraction of sp³-hybridized carbons (Fsp3) is 0.600. The largest absolute Gasteiger partial charge is 0.513 e. The van der Waals surface area contributed by atoms with Crippen LogP contribution in [0, 0.1) is 11.3 Å². The zero-order chi connectivity index (χ0) is 14.4. The van der Waals surface area contributed by atoms with E-state index in [1.54, 1.807) is 0 Å². The molecule has 1 aliphatic rings. The molecule has 106 valence electrons. The number of esters is 1. The summed E-state index contributed by atoms with van der Waals surface area (Å²) in [5.74, 6) is -2.74. The zero-order valence-corrected chi connectivity index (χ0v) is 9.83. The average molecular weight is 275 g/mol. The molecule has 19 heavy (non-hydrogen) atoms. The van der Waals surface area contributed by atoms with E-state index in [-0.39, 0.29) is 0 Å². The van der Waals surface area contributed by atoms with Crippen LogP contribution in [-0.4, -0.2) is 47.1 Å². The van der Waals surface area contributed by atoms with Crippen molar-refractivity contribution in [3.8, 4) is 0 Å². The van der Waals surface area contributed by atoms with Crippen LogP contribution < -0.4 is 0 Å². The molecular formula is C10H13NO8. The van der Waals surface area contributed by atoms with Crippen molar-refractivity contribution in [1.82, 2.24) is 0 Å². The average Bonchev–Trinajstić information content (AvgIpc) is 2.76. The second kappa shape index (κ2) is 6.69. The van der Waals surface area contributed by atoms with E-state index >= 15 is 0 Å². The Balaban J connectivity index is 2.68. The molecule has 9 nitrogen and oxygen atoms in total. The second-order valence-electron chi connectivity index (χ2n) is 3.83. The fourth-order valence-electron chi connectivity index (χ4n) is 1.80. The first-order chi connectivity index (χ1) is 8.90. The lowest BCUT2D eigenvalue weighted by molar-refractivity contribution is -0.140. The normalized spacial score (nSPS) is 19.5. The van der Waals surface area contributed by atoms with E-state index in [0.29, 0.717) is 19.4 Å². The fourth-order valence-corrected chi connectivity index (χ4v) is 1.80. The lowest BCUT2D eigenvalue weighted by atomic mass is 9.96. The Hall–Kier alpha value is -2.16. The van der Waals surface area contributed by atoms with Gasteiger partial charge in [-0.05, 0) is 12.8 Å². The third-order valence-electron chi connectivity index (χ3n) is 2.54. The van der Waals surface area contributed by atoms with Crippen LogP contribution >= 0.6 is 0 Å². The standard InChI is InChI=1S/C10H13NO8/c11-8(19-10(15)16)5(6-2-1-3-17-6)4-7(12)18-9(13)14/h5-6,11H,1-4H2,(H,13,14)(H,15,16)/t5-,6?/m0/s1. The molecule has 1 heterocycles. The molecule has 0 spiro atoms. The van der Waals surface area contributed by atoms with Gasteiger partial charge in [-0.15, -0.1) is 0 Å². The zero-order valence-electron chi connectivity index (χ0n) is 9.83. The van der Waals surface area contributed by atoms with Crippen LogP contribution in [0.3, 0.4) is 0 Å². The van der Waals surface area contributed by atoms with Crippen molar-refractivity contribution < 1.29 is 38.8 Å². The van der Waals surface area contributed by atoms with E-state index in [1.165, 1.54) is 0 Å². The lowest BCUT2D eigenvalue weighted by Gasteiger charge is -2.20. The van der Waals surface area contributed by atoms with Crippen molar-refractivity contribution in [3.63, 3.8) is 0 Å². The van der Waals surface area contributed by atoms with Crippen LogP contribution in [0.4, 0.5) is 9.59 Å². The Morgan fingerprint density at radius 1 is 1.26 bits per heavy atom. The number of carboxylic acid groups (broad SMARTS) is 2. The number of ether oxygens (including phenoxy) is 3. The molecule has 1 aliphatic heterocycles.